The van der Waals surface area contributed by atoms with Crippen molar-refractivity contribution in [1.29, 1.82) is 0 Å². The highest BCUT2D eigenvalue weighted by Gasteiger charge is 2.23. The zero-order valence-corrected chi connectivity index (χ0v) is 21.5. The largest absolute Gasteiger partial charge is 0.489 e. The van der Waals surface area contributed by atoms with Crippen LogP contribution in [0.3, 0.4) is 0 Å². The zero-order chi connectivity index (χ0) is 25.6. The number of primary amides is 1. The van der Waals surface area contributed by atoms with Gasteiger partial charge in [0.2, 0.25) is 0 Å². The van der Waals surface area contributed by atoms with Crippen LogP contribution < -0.4 is 26.0 Å². The third-order valence-corrected chi connectivity index (χ3v) is 7.08. The summed E-state index contributed by atoms with van der Waals surface area (Å²) in [5, 5.41) is 6.87. The van der Waals surface area contributed by atoms with Crippen molar-refractivity contribution in [3.8, 4) is 5.75 Å². The normalized spacial score (nSPS) is 22.7. The van der Waals surface area contributed by atoms with Gasteiger partial charge in [0.25, 0.3) is 5.91 Å². The topological polar surface area (TPSA) is 127 Å². The average Bonchev–Trinajstić information content (AvgIpc) is 2.92. The second-order valence-electron chi connectivity index (χ2n) is 9.56. The van der Waals surface area contributed by atoms with Crippen molar-refractivity contribution in [3.63, 3.8) is 0 Å². The number of hydrogen-bond donors (Lipinski definition) is 3. The number of fused-ring (bicyclic) bond motifs is 7. The SMILES string of the molecule is CCc1nc(C(N)=O)c2nc1NC1CCN(CCOCCOc3cc(ccc3N3CCOCC3)N2)CC1. The van der Waals surface area contributed by atoms with Crippen molar-refractivity contribution in [2.24, 2.45) is 5.73 Å². The van der Waals surface area contributed by atoms with Gasteiger partial charge in [0.05, 0.1) is 37.8 Å². The van der Waals surface area contributed by atoms with Gasteiger partial charge in [-0.3, -0.25) is 4.79 Å². The molecular formula is C26H37N7O4. The summed E-state index contributed by atoms with van der Waals surface area (Å²) in [4.78, 5) is 26.4. The van der Waals surface area contributed by atoms with Crippen LogP contribution >= 0.6 is 0 Å². The minimum Gasteiger partial charge on any atom is -0.489 e. The molecule has 4 aliphatic heterocycles. The van der Waals surface area contributed by atoms with Crippen LogP contribution in [-0.2, 0) is 15.9 Å². The first-order valence-electron chi connectivity index (χ1n) is 13.2. The van der Waals surface area contributed by atoms with Crippen molar-refractivity contribution in [3.05, 3.63) is 29.6 Å². The molecular weight excluding hydrogens is 474 g/mol. The molecule has 37 heavy (non-hydrogen) atoms. The third kappa shape index (κ3) is 6.23. The molecule has 0 saturated carbocycles. The van der Waals surface area contributed by atoms with Crippen molar-refractivity contribution in [2.75, 3.05) is 81.3 Å². The number of piperidine rings is 1. The summed E-state index contributed by atoms with van der Waals surface area (Å²) in [5.74, 6) is 1.14. The second kappa shape index (κ2) is 11.9. The predicted molar refractivity (Wildman–Crippen MR) is 142 cm³/mol. The molecule has 0 spiro atoms. The fourth-order valence-corrected chi connectivity index (χ4v) is 5.00. The van der Waals surface area contributed by atoms with Gasteiger partial charge in [-0.15, -0.1) is 0 Å². The number of anilines is 4. The average molecular weight is 512 g/mol. The molecule has 1 aromatic carbocycles. The number of rotatable bonds is 3. The maximum absolute atomic E-state index is 12.3. The Labute approximate surface area is 217 Å². The van der Waals surface area contributed by atoms with Crippen LogP contribution in [0.25, 0.3) is 0 Å². The van der Waals surface area contributed by atoms with E-state index < -0.39 is 5.91 Å². The van der Waals surface area contributed by atoms with Crippen LogP contribution in [-0.4, -0.2) is 92.6 Å². The van der Waals surface area contributed by atoms with Gasteiger partial charge in [0, 0.05) is 50.5 Å². The number of nitrogens with zero attached hydrogens (tertiary/aromatic N) is 4. The smallest absolute Gasteiger partial charge is 0.271 e. The lowest BCUT2D eigenvalue weighted by Gasteiger charge is -2.33. The van der Waals surface area contributed by atoms with Crippen LogP contribution in [0.1, 0.15) is 35.9 Å². The Balaban J connectivity index is 1.50. The number of benzene rings is 1. The molecule has 0 unspecified atom stereocenters. The highest BCUT2D eigenvalue weighted by Crippen LogP contribution is 2.34. The number of hydrogen-bond acceptors (Lipinski definition) is 10. The van der Waals surface area contributed by atoms with E-state index >= 15 is 0 Å². The Kier molecular flexibility index (Phi) is 8.22. The van der Waals surface area contributed by atoms with E-state index in [0.717, 1.165) is 68.4 Å². The van der Waals surface area contributed by atoms with Crippen LogP contribution in [0, 0.1) is 0 Å². The zero-order valence-electron chi connectivity index (χ0n) is 21.5. The molecule has 4 N–H and O–H groups in total. The number of aryl methyl sites for hydroxylation is 1. The summed E-state index contributed by atoms with van der Waals surface area (Å²) in [7, 11) is 0. The number of aromatic nitrogens is 2. The van der Waals surface area contributed by atoms with E-state index in [1.165, 1.54) is 0 Å². The molecule has 0 radical (unpaired) electrons. The van der Waals surface area contributed by atoms with Crippen molar-refractivity contribution in [2.45, 2.75) is 32.2 Å². The molecule has 1 amide bonds. The lowest BCUT2D eigenvalue weighted by Crippen LogP contribution is -2.41. The third-order valence-electron chi connectivity index (χ3n) is 7.08. The Morgan fingerprint density at radius 2 is 1.76 bits per heavy atom. The van der Waals surface area contributed by atoms with Crippen LogP contribution in [0.4, 0.5) is 23.0 Å². The number of carbonyl (C=O) groups excluding carboxylic acids is 1. The quantitative estimate of drug-likeness (QED) is 0.563. The second-order valence-corrected chi connectivity index (χ2v) is 9.56. The number of amides is 1. The van der Waals surface area contributed by atoms with Gasteiger partial charge >= 0.3 is 0 Å². The van der Waals surface area contributed by atoms with Gasteiger partial charge in [-0.05, 0) is 31.4 Å². The summed E-state index contributed by atoms with van der Waals surface area (Å²) in [6.07, 6.45) is 2.64. The molecule has 0 aliphatic carbocycles. The monoisotopic (exact) mass is 511 g/mol. The van der Waals surface area contributed by atoms with Gasteiger partial charge in [0.1, 0.15) is 12.4 Å². The Hall–Kier alpha value is -3.15. The van der Waals surface area contributed by atoms with E-state index in [1.54, 1.807) is 0 Å². The molecule has 2 aromatic rings. The van der Waals surface area contributed by atoms with Gasteiger partial charge in [-0.25, -0.2) is 9.97 Å². The van der Waals surface area contributed by atoms with E-state index in [2.05, 4.69) is 25.4 Å². The minimum absolute atomic E-state index is 0.125. The molecule has 11 nitrogen and oxygen atoms in total. The van der Waals surface area contributed by atoms with E-state index in [0.29, 0.717) is 51.1 Å². The molecule has 4 aliphatic rings. The van der Waals surface area contributed by atoms with Crippen molar-refractivity contribution < 1.29 is 19.0 Å². The number of ether oxygens (including phenoxy) is 3. The van der Waals surface area contributed by atoms with Crippen LogP contribution in [0.2, 0.25) is 0 Å². The molecule has 6 rings (SSSR count). The van der Waals surface area contributed by atoms with Crippen molar-refractivity contribution >= 4 is 28.9 Å². The molecule has 2 fully saturated rings. The number of carbonyl (C=O) groups is 1. The Morgan fingerprint density at radius 1 is 1.00 bits per heavy atom. The number of nitrogens with two attached hydrogens (primary N) is 1. The molecule has 5 heterocycles. The lowest BCUT2D eigenvalue weighted by atomic mass is 10.0. The van der Waals surface area contributed by atoms with Crippen LogP contribution in [0.15, 0.2) is 18.2 Å². The van der Waals surface area contributed by atoms with Gasteiger partial charge in [0.15, 0.2) is 17.3 Å². The van der Waals surface area contributed by atoms with Crippen molar-refractivity contribution in [1.82, 2.24) is 14.9 Å². The molecule has 1 aromatic heterocycles. The highest BCUT2D eigenvalue weighted by atomic mass is 16.5. The first-order valence-corrected chi connectivity index (χ1v) is 13.2. The minimum atomic E-state index is -0.620. The summed E-state index contributed by atoms with van der Waals surface area (Å²) in [5.41, 5.74) is 8.30. The first-order chi connectivity index (χ1) is 18.1. The van der Waals surface area contributed by atoms with Gasteiger partial charge in [-0.1, -0.05) is 6.92 Å². The first kappa shape index (κ1) is 25.5. The highest BCUT2D eigenvalue weighted by molar-refractivity contribution is 5.96. The summed E-state index contributed by atoms with van der Waals surface area (Å²) < 4.78 is 17.6. The maximum atomic E-state index is 12.3. The fourth-order valence-electron chi connectivity index (χ4n) is 5.00. The van der Waals surface area contributed by atoms with E-state index in [1.807, 2.05) is 25.1 Å². The van der Waals surface area contributed by atoms with E-state index in [4.69, 9.17) is 24.9 Å². The predicted octanol–water partition coefficient (Wildman–Crippen LogP) is 2.00. The molecule has 6 bridgehead atoms. The standard InChI is InChI=1S/C26H37N7O4/c1-2-20-25-28-18-5-7-32(8-6-18)9-12-36-15-16-37-22-17-19(29-26(31-25)23(30-20)24(27)34)3-4-21(22)33-10-13-35-14-11-33/h3-4,17-18H,2,5-16H2,1H3,(H2,27,34)(H2,28,29,31). The van der Waals surface area contributed by atoms with E-state index in [9.17, 15) is 4.79 Å². The van der Waals surface area contributed by atoms with Gasteiger partial charge in [-0.2, -0.15) is 0 Å². The van der Waals surface area contributed by atoms with Crippen LogP contribution in [0.5, 0.6) is 5.75 Å². The summed E-state index contributed by atoms with van der Waals surface area (Å²) in [6, 6.07) is 6.19. The fraction of sp³-hybridized carbons (Fsp3) is 0.577. The van der Waals surface area contributed by atoms with Gasteiger partial charge < -0.3 is 40.4 Å². The van der Waals surface area contributed by atoms with E-state index in [-0.39, 0.29) is 11.7 Å². The lowest BCUT2D eigenvalue weighted by molar-refractivity contribution is 0.0740. The summed E-state index contributed by atoms with van der Waals surface area (Å²) >= 11 is 0. The molecule has 2 saturated heterocycles. The molecule has 200 valence electrons. The Bertz CT molecular complexity index is 1080. The maximum Gasteiger partial charge on any atom is 0.271 e. The summed E-state index contributed by atoms with van der Waals surface area (Å²) in [6.45, 7) is 9.46. The molecule has 0 atom stereocenters. The molecule has 11 heteroatoms. The number of morpholine rings is 1. The number of nitrogens with one attached hydrogen (secondary N) is 2. The Morgan fingerprint density at radius 3 is 2.51 bits per heavy atom.